The second-order valence-corrected chi connectivity index (χ2v) is 6.85. The number of hydrogen-bond acceptors (Lipinski definition) is 5. The van der Waals surface area contributed by atoms with Gasteiger partial charge in [0.15, 0.2) is 11.6 Å². The molecule has 1 aliphatic heterocycles. The maximum atomic E-state index is 13.8. The van der Waals surface area contributed by atoms with Gasteiger partial charge in [-0.15, -0.1) is 0 Å². The van der Waals surface area contributed by atoms with Gasteiger partial charge in [-0.2, -0.15) is 5.10 Å². The highest BCUT2D eigenvalue weighted by Gasteiger charge is 2.33. The molecule has 2 aromatic rings. The second-order valence-electron chi connectivity index (χ2n) is 6.85. The van der Waals surface area contributed by atoms with E-state index in [2.05, 4.69) is 15.4 Å². The molecule has 1 aromatic carbocycles. The minimum atomic E-state index is -1.30. The van der Waals surface area contributed by atoms with Crippen molar-refractivity contribution in [2.45, 2.75) is 37.9 Å². The molecule has 30 heavy (non-hydrogen) atoms. The van der Waals surface area contributed by atoms with Crippen LogP contribution >= 0.6 is 0 Å². The normalized spacial score (nSPS) is 16.5. The van der Waals surface area contributed by atoms with Crippen LogP contribution in [0.4, 0.5) is 13.2 Å². The van der Waals surface area contributed by atoms with Crippen molar-refractivity contribution in [2.75, 3.05) is 0 Å². The zero-order valence-electron chi connectivity index (χ0n) is 15.9. The predicted molar refractivity (Wildman–Crippen MR) is 102 cm³/mol. The number of nitrogens with one attached hydrogen (secondary N) is 1. The fraction of sp³-hybridized carbons (Fsp3) is 0.300. The Hall–Kier alpha value is -3.27. The molecule has 2 amide bonds. The van der Waals surface area contributed by atoms with Gasteiger partial charge in [0.25, 0.3) is 0 Å². The lowest BCUT2D eigenvalue weighted by Gasteiger charge is -2.22. The van der Waals surface area contributed by atoms with E-state index in [0.29, 0.717) is 11.8 Å². The lowest BCUT2D eigenvalue weighted by molar-refractivity contribution is -0.139. The van der Waals surface area contributed by atoms with Crippen molar-refractivity contribution in [3.05, 3.63) is 65.2 Å². The van der Waals surface area contributed by atoms with Crippen LogP contribution in [0.3, 0.4) is 0 Å². The number of carbonyl (C=O) groups excluding carboxylic acids is 2. The smallest absolute Gasteiger partial charge is 0.245 e. The first kappa shape index (κ1) is 21.4. The number of hydrazone groups is 1. The van der Waals surface area contributed by atoms with E-state index < -0.39 is 41.3 Å². The van der Waals surface area contributed by atoms with E-state index in [1.807, 2.05) is 0 Å². The van der Waals surface area contributed by atoms with Gasteiger partial charge in [-0.3, -0.25) is 14.6 Å². The monoisotopic (exact) mass is 419 g/mol. The molecule has 0 fully saturated rings. The number of amides is 2. The molecule has 158 valence electrons. The summed E-state index contributed by atoms with van der Waals surface area (Å²) in [5, 5.41) is 7.68. The van der Waals surface area contributed by atoms with Gasteiger partial charge in [-0.25, -0.2) is 18.2 Å². The molecule has 0 spiro atoms. The van der Waals surface area contributed by atoms with Crippen LogP contribution in [0.1, 0.15) is 24.1 Å². The van der Waals surface area contributed by atoms with Crippen molar-refractivity contribution >= 4 is 18.0 Å². The molecule has 1 aromatic heterocycles. The van der Waals surface area contributed by atoms with Crippen LogP contribution in [0.5, 0.6) is 0 Å². The van der Waals surface area contributed by atoms with Gasteiger partial charge in [-0.1, -0.05) is 6.07 Å². The van der Waals surface area contributed by atoms with Gasteiger partial charge >= 0.3 is 0 Å². The molecule has 1 aliphatic rings. The van der Waals surface area contributed by atoms with Gasteiger partial charge in [0.05, 0.1) is 12.2 Å². The quantitative estimate of drug-likeness (QED) is 0.667. The standard InChI is InChI=1S/C20H20F3N5O2/c21-15-10-17(23)16(22)8-12(15)7-13(24)9-19(29)28-18(4-6-27-28)20(30)26-11-14-3-1-2-5-25-14/h1-3,5-6,8,10,13,18H,4,7,9,11,24H2,(H,26,30)/t13-,18?/m1/s1. The highest BCUT2D eigenvalue weighted by Crippen LogP contribution is 2.18. The van der Waals surface area contributed by atoms with Crippen LogP contribution in [0.25, 0.3) is 0 Å². The Morgan fingerprint density at radius 2 is 1.97 bits per heavy atom. The highest BCUT2D eigenvalue weighted by atomic mass is 19.2. The molecule has 3 N–H and O–H groups in total. The number of hydrogen-bond donors (Lipinski definition) is 2. The summed E-state index contributed by atoms with van der Waals surface area (Å²) in [4.78, 5) is 29.1. The van der Waals surface area contributed by atoms with Crippen LogP contribution < -0.4 is 11.1 Å². The Labute approximate surface area is 170 Å². The summed E-state index contributed by atoms with van der Waals surface area (Å²) in [6.45, 7) is 0.202. The van der Waals surface area contributed by atoms with E-state index >= 15 is 0 Å². The van der Waals surface area contributed by atoms with Gasteiger partial charge in [0.2, 0.25) is 11.8 Å². The lowest BCUT2D eigenvalue weighted by atomic mass is 10.0. The van der Waals surface area contributed by atoms with E-state index in [1.165, 1.54) is 6.21 Å². The number of pyridine rings is 1. The molecular weight excluding hydrogens is 399 g/mol. The molecule has 0 saturated heterocycles. The Bertz CT molecular complexity index is 955. The highest BCUT2D eigenvalue weighted by molar-refractivity contribution is 5.91. The average molecular weight is 419 g/mol. The van der Waals surface area contributed by atoms with Gasteiger partial charge in [-0.05, 0) is 30.2 Å². The average Bonchev–Trinajstić information content (AvgIpc) is 3.21. The number of nitrogens with two attached hydrogens (primary N) is 1. The van der Waals surface area contributed by atoms with E-state index in [1.54, 1.807) is 24.4 Å². The molecule has 3 rings (SSSR count). The third kappa shape index (κ3) is 5.20. The van der Waals surface area contributed by atoms with Crippen LogP contribution in [-0.4, -0.2) is 40.1 Å². The summed E-state index contributed by atoms with van der Waals surface area (Å²) in [6.07, 6.45) is 2.87. The summed E-state index contributed by atoms with van der Waals surface area (Å²) in [7, 11) is 0. The van der Waals surface area contributed by atoms with Crippen molar-refractivity contribution in [1.29, 1.82) is 0 Å². The number of aromatic nitrogens is 1. The molecule has 2 atom stereocenters. The third-order valence-electron chi connectivity index (χ3n) is 4.57. The number of benzene rings is 1. The zero-order chi connectivity index (χ0) is 21.7. The third-order valence-corrected chi connectivity index (χ3v) is 4.57. The van der Waals surface area contributed by atoms with E-state index in [-0.39, 0.29) is 31.4 Å². The second kappa shape index (κ2) is 9.49. The van der Waals surface area contributed by atoms with Crippen molar-refractivity contribution < 1.29 is 22.8 Å². The van der Waals surface area contributed by atoms with Gasteiger partial charge in [0.1, 0.15) is 11.9 Å². The van der Waals surface area contributed by atoms with Crippen LogP contribution in [-0.2, 0) is 22.6 Å². The van der Waals surface area contributed by atoms with Crippen LogP contribution in [0.15, 0.2) is 41.6 Å². The van der Waals surface area contributed by atoms with Crippen LogP contribution in [0.2, 0.25) is 0 Å². The zero-order valence-corrected chi connectivity index (χ0v) is 15.9. The maximum absolute atomic E-state index is 13.8. The fourth-order valence-corrected chi connectivity index (χ4v) is 3.06. The maximum Gasteiger partial charge on any atom is 0.245 e. The first-order valence-electron chi connectivity index (χ1n) is 9.26. The van der Waals surface area contributed by atoms with Crippen LogP contribution in [0, 0.1) is 17.5 Å². The first-order chi connectivity index (χ1) is 14.3. The van der Waals surface area contributed by atoms with E-state index in [4.69, 9.17) is 5.73 Å². The Morgan fingerprint density at radius 1 is 1.20 bits per heavy atom. The van der Waals surface area contributed by atoms with Crippen molar-refractivity contribution in [3.63, 3.8) is 0 Å². The molecule has 0 saturated carbocycles. The summed E-state index contributed by atoms with van der Waals surface area (Å²) < 4.78 is 40.1. The van der Waals surface area contributed by atoms with Gasteiger partial charge in [0, 0.05) is 37.4 Å². The summed E-state index contributed by atoms with van der Waals surface area (Å²) in [6, 6.07) is 4.76. The molecule has 0 aliphatic carbocycles. The number of nitrogens with zero attached hydrogens (tertiary/aromatic N) is 3. The molecule has 1 unspecified atom stereocenters. The van der Waals surface area contributed by atoms with Crippen molar-refractivity contribution in [3.8, 4) is 0 Å². The largest absolute Gasteiger partial charge is 0.349 e. The Kier molecular flexibility index (Phi) is 6.78. The molecule has 0 bridgehead atoms. The number of carbonyl (C=O) groups is 2. The van der Waals surface area contributed by atoms with E-state index in [9.17, 15) is 22.8 Å². The minimum absolute atomic E-state index is 0.135. The minimum Gasteiger partial charge on any atom is -0.349 e. The summed E-state index contributed by atoms with van der Waals surface area (Å²) >= 11 is 0. The molecule has 2 heterocycles. The Balaban J connectivity index is 1.56. The van der Waals surface area contributed by atoms with Crippen molar-refractivity contribution in [1.82, 2.24) is 15.3 Å². The summed E-state index contributed by atoms with van der Waals surface area (Å²) in [5.41, 5.74) is 6.43. The van der Waals surface area contributed by atoms with E-state index in [0.717, 1.165) is 11.1 Å². The Morgan fingerprint density at radius 3 is 2.70 bits per heavy atom. The predicted octanol–water partition coefficient (Wildman–Crippen LogP) is 1.66. The fourth-order valence-electron chi connectivity index (χ4n) is 3.06. The SMILES string of the molecule is N[C@@H](CC(=O)N1N=CCC1C(=O)NCc1ccccn1)Cc1cc(F)c(F)cc1F. The first-order valence-corrected chi connectivity index (χ1v) is 9.26. The number of halogens is 3. The summed E-state index contributed by atoms with van der Waals surface area (Å²) in [5.74, 6) is -4.36. The molecule has 7 nitrogen and oxygen atoms in total. The van der Waals surface area contributed by atoms with Crippen molar-refractivity contribution in [2.24, 2.45) is 10.8 Å². The molecule has 0 radical (unpaired) electrons. The molecular formula is C20H20F3N5O2. The van der Waals surface area contributed by atoms with Gasteiger partial charge < -0.3 is 11.1 Å². The molecule has 10 heteroatoms. The number of rotatable bonds is 7. The topological polar surface area (TPSA) is 101 Å². The lowest BCUT2D eigenvalue weighted by Crippen LogP contribution is -2.46.